The molecule has 1 N–H and O–H groups in total. The van der Waals surface area contributed by atoms with Crippen LogP contribution in [0.2, 0.25) is 0 Å². The number of hydrogen-bond acceptors (Lipinski definition) is 2. The molecule has 0 amide bonds. The zero-order valence-corrected chi connectivity index (χ0v) is 12.7. The molecule has 0 heterocycles. The van der Waals surface area contributed by atoms with Crippen LogP contribution in [-0.2, 0) is 4.79 Å². The number of ketones is 1. The average molecular weight is 274 g/mol. The van der Waals surface area contributed by atoms with Gasteiger partial charge in [-0.15, -0.1) is 0 Å². The highest BCUT2D eigenvalue weighted by Gasteiger charge is 2.60. The predicted molar refractivity (Wildman–Crippen MR) is 78.1 cm³/mol. The Morgan fingerprint density at radius 1 is 1.15 bits per heavy atom. The Hall–Kier alpha value is -0.630. The molecule has 0 bridgehead atoms. The summed E-state index contributed by atoms with van der Waals surface area (Å²) in [5, 5.41) is 10.4. The van der Waals surface area contributed by atoms with Crippen LogP contribution in [0.1, 0.15) is 58.8 Å². The maximum atomic E-state index is 11.8. The molecule has 0 spiro atoms. The Morgan fingerprint density at radius 3 is 2.75 bits per heavy atom. The highest BCUT2D eigenvalue weighted by Crippen LogP contribution is 2.67. The van der Waals surface area contributed by atoms with E-state index < -0.39 is 0 Å². The van der Waals surface area contributed by atoms with Gasteiger partial charge in [0.05, 0.1) is 6.10 Å². The lowest BCUT2D eigenvalue weighted by atomic mass is 9.56. The van der Waals surface area contributed by atoms with E-state index in [1.54, 1.807) is 0 Å². The fourth-order valence-electron chi connectivity index (χ4n) is 6.28. The Bertz CT molecular complexity index is 494. The molecule has 0 aliphatic heterocycles. The van der Waals surface area contributed by atoms with Gasteiger partial charge in [0.25, 0.3) is 0 Å². The van der Waals surface area contributed by atoms with Crippen molar-refractivity contribution in [2.75, 3.05) is 0 Å². The molecule has 4 rings (SSSR count). The lowest BCUT2D eigenvalue weighted by Gasteiger charge is -2.48. The first-order valence-electron chi connectivity index (χ1n) is 8.37. The van der Waals surface area contributed by atoms with E-state index in [9.17, 15) is 9.90 Å². The van der Waals surface area contributed by atoms with Crippen molar-refractivity contribution in [2.45, 2.75) is 64.9 Å². The van der Waals surface area contributed by atoms with Crippen LogP contribution in [0, 0.1) is 28.6 Å². The van der Waals surface area contributed by atoms with Gasteiger partial charge in [-0.25, -0.2) is 0 Å². The first-order valence-corrected chi connectivity index (χ1v) is 8.37. The fraction of sp³-hybridized carbons (Fsp3) is 0.833. The highest BCUT2D eigenvalue weighted by molar-refractivity contribution is 5.91. The van der Waals surface area contributed by atoms with Crippen molar-refractivity contribution in [3.63, 3.8) is 0 Å². The van der Waals surface area contributed by atoms with E-state index in [-0.39, 0.29) is 16.9 Å². The van der Waals surface area contributed by atoms with Gasteiger partial charge < -0.3 is 5.11 Å². The van der Waals surface area contributed by atoms with Crippen LogP contribution in [0.3, 0.4) is 0 Å². The van der Waals surface area contributed by atoms with Crippen molar-refractivity contribution in [3.8, 4) is 0 Å². The summed E-state index contributed by atoms with van der Waals surface area (Å²) in [6, 6.07) is 0. The molecule has 0 radical (unpaired) electrons. The number of aliphatic hydroxyl groups is 1. The lowest BCUT2D eigenvalue weighted by molar-refractivity contribution is -0.116. The molecule has 0 saturated heterocycles. The standard InChI is InChI=1S/C18H26O2/c1-17-7-5-12(19)9-11(17)10-13-14-3-4-16(20)18(14,2)8-6-15(13)17/h9,13-16,20H,3-8,10H2,1-2H3. The molecule has 6 unspecified atom stereocenters. The maximum Gasteiger partial charge on any atom is 0.155 e. The minimum absolute atomic E-state index is 0.0977. The van der Waals surface area contributed by atoms with Crippen LogP contribution in [0.4, 0.5) is 0 Å². The summed E-state index contributed by atoms with van der Waals surface area (Å²) in [5.41, 5.74) is 1.87. The number of carbonyl (C=O) groups excluding carboxylic acids is 1. The van der Waals surface area contributed by atoms with Crippen molar-refractivity contribution >= 4 is 5.78 Å². The van der Waals surface area contributed by atoms with E-state index in [0.29, 0.717) is 17.6 Å². The molecular formula is C18H26O2. The van der Waals surface area contributed by atoms with Crippen LogP contribution in [0.25, 0.3) is 0 Å². The number of fused-ring (bicyclic) bond motifs is 5. The zero-order valence-electron chi connectivity index (χ0n) is 12.7. The monoisotopic (exact) mass is 274 g/mol. The lowest BCUT2D eigenvalue weighted by Crippen LogP contribution is -2.44. The van der Waals surface area contributed by atoms with E-state index in [1.165, 1.54) is 24.8 Å². The van der Waals surface area contributed by atoms with Gasteiger partial charge in [-0.3, -0.25) is 4.79 Å². The number of allylic oxidation sites excluding steroid dienone is 2. The van der Waals surface area contributed by atoms with Crippen molar-refractivity contribution in [2.24, 2.45) is 28.6 Å². The predicted octanol–water partition coefficient (Wildman–Crippen LogP) is 3.49. The van der Waals surface area contributed by atoms with Gasteiger partial charge in [-0.2, -0.15) is 0 Å². The number of hydrogen-bond donors (Lipinski definition) is 1. The molecule has 6 atom stereocenters. The smallest absolute Gasteiger partial charge is 0.155 e. The van der Waals surface area contributed by atoms with Gasteiger partial charge in [0, 0.05) is 6.42 Å². The third-order valence-corrected chi connectivity index (χ3v) is 7.62. The molecule has 0 aromatic carbocycles. The van der Waals surface area contributed by atoms with Crippen LogP contribution in [-0.4, -0.2) is 17.0 Å². The van der Waals surface area contributed by atoms with Crippen molar-refractivity contribution in [3.05, 3.63) is 11.6 Å². The molecule has 0 aromatic rings. The summed E-state index contributed by atoms with van der Waals surface area (Å²) in [6.45, 7) is 4.72. The average Bonchev–Trinajstić information content (AvgIpc) is 2.86. The third kappa shape index (κ3) is 1.46. The van der Waals surface area contributed by atoms with E-state index >= 15 is 0 Å². The first kappa shape index (κ1) is 13.1. The highest BCUT2D eigenvalue weighted by atomic mass is 16.3. The van der Waals surface area contributed by atoms with Crippen LogP contribution >= 0.6 is 0 Å². The second-order valence-corrected chi connectivity index (χ2v) is 8.27. The summed E-state index contributed by atoms with van der Waals surface area (Å²) in [5.74, 6) is 2.48. The second-order valence-electron chi connectivity index (χ2n) is 8.27. The molecule has 4 aliphatic rings. The molecule has 20 heavy (non-hydrogen) atoms. The van der Waals surface area contributed by atoms with Crippen molar-refractivity contribution in [1.29, 1.82) is 0 Å². The van der Waals surface area contributed by atoms with E-state index in [0.717, 1.165) is 31.6 Å². The van der Waals surface area contributed by atoms with Gasteiger partial charge >= 0.3 is 0 Å². The molecule has 2 heteroatoms. The van der Waals surface area contributed by atoms with E-state index in [1.807, 2.05) is 6.08 Å². The summed E-state index contributed by atoms with van der Waals surface area (Å²) in [6.07, 6.45) is 9.41. The molecule has 3 saturated carbocycles. The fourth-order valence-corrected chi connectivity index (χ4v) is 6.28. The van der Waals surface area contributed by atoms with Gasteiger partial charge in [-0.05, 0) is 73.2 Å². The van der Waals surface area contributed by atoms with Crippen LogP contribution in [0.15, 0.2) is 11.6 Å². The number of aliphatic hydroxyl groups excluding tert-OH is 1. The summed E-state index contributed by atoms with van der Waals surface area (Å²) in [7, 11) is 0. The van der Waals surface area contributed by atoms with Crippen LogP contribution < -0.4 is 0 Å². The van der Waals surface area contributed by atoms with E-state index in [4.69, 9.17) is 0 Å². The minimum atomic E-state index is -0.0977. The van der Waals surface area contributed by atoms with Gasteiger partial charge in [-0.1, -0.05) is 19.4 Å². The van der Waals surface area contributed by atoms with Crippen LogP contribution in [0.5, 0.6) is 0 Å². The first-order chi connectivity index (χ1) is 9.45. The zero-order chi connectivity index (χ0) is 14.1. The van der Waals surface area contributed by atoms with Crippen molar-refractivity contribution in [1.82, 2.24) is 0 Å². The molecule has 2 nitrogen and oxygen atoms in total. The number of rotatable bonds is 0. The maximum absolute atomic E-state index is 11.8. The molecule has 4 aliphatic carbocycles. The quantitative estimate of drug-likeness (QED) is 0.734. The van der Waals surface area contributed by atoms with Gasteiger partial charge in [0.2, 0.25) is 0 Å². The molecule has 3 fully saturated rings. The van der Waals surface area contributed by atoms with Gasteiger partial charge in [0.1, 0.15) is 0 Å². The largest absolute Gasteiger partial charge is 0.393 e. The summed E-state index contributed by atoms with van der Waals surface area (Å²) >= 11 is 0. The Morgan fingerprint density at radius 2 is 1.95 bits per heavy atom. The Labute approximate surface area is 121 Å². The Kier molecular flexibility index (Phi) is 2.59. The summed E-state index contributed by atoms with van der Waals surface area (Å²) < 4.78 is 0. The normalized spacial score (nSPS) is 54.1. The SMILES string of the molecule is CC12CCC(=O)C=C1CC1C2CCC2(C)C(O)CCC12. The van der Waals surface area contributed by atoms with Crippen molar-refractivity contribution < 1.29 is 9.90 Å². The third-order valence-electron chi connectivity index (χ3n) is 7.62. The second kappa shape index (κ2) is 3.97. The minimum Gasteiger partial charge on any atom is -0.393 e. The van der Waals surface area contributed by atoms with E-state index in [2.05, 4.69) is 13.8 Å². The Balaban J connectivity index is 1.72. The molecule has 0 aromatic heterocycles. The molecule has 110 valence electrons. The van der Waals surface area contributed by atoms with Gasteiger partial charge in [0.15, 0.2) is 5.78 Å². The molecular weight excluding hydrogens is 248 g/mol. The number of carbonyl (C=O) groups is 1. The summed E-state index contributed by atoms with van der Waals surface area (Å²) in [4.78, 5) is 11.8. The topological polar surface area (TPSA) is 37.3 Å².